The predicted octanol–water partition coefficient (Wildman–Crippen LogP) is 0.946. The molecule has 1 N–H and O–H groups in total. The molecule has 0 aliphatic rings. The van der Waals surface area contributed by atoms with Crippen molar-refractivity contribution in [2.24, 2.45) is 0 Å². The largest absolute Gasteiger partial charge is 1.00 e. The zero-order chi connectivity index (χ0) is 17.6. The Balaban J connectivity index is 0.00000196. The number of esters is 1. The number of carbonyl (C=O) groups is 1. The summed E-state index contributed by atoms with van der Waals surface area (Å²) in [6.07, 6.45) is 4.00. The fourth-order valence-electron chi connectivity index (χ4n) is 3.70. The Hall–Kier alpha value is -2.40. The first-order chi connectivity index (χ1) is 12.1. The Morgan fingerprint density at radius 2 is 1.85 bits per heavy atom. The summed E-state index contributed by atoms with van der Waals surface area (Å²) in [7, 11) is 0. The molecule has 2 heterocycles. The number of aryl methyl sites for hydroxylation is 2. The van der Waals surface area contributed by atoms with Crippen molar-refractivity contribution in [2.45, 2.75) is 27.3 Å². The molecule has 0 spiro atoms. The number of para-hydroxylation sites is 1. The van der Waals surface area contributed by atoms with Crippen LogP contribution in [0.2, 0.25) is 0 Å². The minimum absolute atomic E-state index is 0. The van der Waals surface area contributed by atoms with Gasteiger partial charge in [0.15, 0.2) is 12.4 Å². The monoisotopic (exact) mass is 412 g/mol. The molecule has 2 aromatic carbocycles. The highest BCUT2D eigenvalue weighted by Gasteiger charge is 2.17. The van der Waals surface area contributed by atoms with Crippen LogP contribution >= 0.6 is 0 Å². The predicted molar refractivity (Wildman–Crippen MR) is 99.6 cm³/mol. The van der Waals surface area contributed by atoms with Gasteiger partial charge in [-0.05, 0) is 43.4 Å². The van der Waals surface area contributed by atoms with E-state index in [-0.39, 0.29) is 29.5 Å². The van der Waals surface area contributed by atoms with Gasteiger partial charge in [0.05, 0.1) is 12.1 Å². The van der Waals surface area contributed by atoms with Gasteiger partial charge in [-0.15, -0.1) is 0 Å². The number of ether oxygens (including phenoxy) is 1. The Bertz CT molecular complexity index is 1130. The van der Waals surface area contributed by atoms with E-state index in [2.05, 4.69) is 55.4 Å². The minimum Gasteiger partial charge on any atom is -1.00 e. The number of benzene rings is 2. The lowest BCUT2D eigenvalue weighted by atomic mass is 9.97. The lowest BCUT2D eigenvalue weighted by Gasteiger charge is -2.08. The molecule has 0 unspecified atom stereocenters. The van der Waals surface area contributed by atoms with E-state index in [4.69, 9.17) is 4.74 Å². The topological polar surface area (TPSA) is 46.0 Å². The summed E-state index contributed by atoms with van der Waals surface area (Å²) in [4.78, 5) is 15.4. The number of rotatable bonds is 3. The van der Waals surface area contributed by atoms with Gasteiger partial charge < -0.3 is 26.7 Å². The van der Waals surface area contributed by atoms with Crippen molar-refractivity contribution in [1.82, 2.24) is 4.98 Å². The Labute approximate surface area is 162 Å². The van der Waals surface area contributed by atoms with Gasteiger partial charge in [-0.3, -0.25) is 0 Å². The quantitative estimate of drug-likeness (QED) is 0.402. The number of pyridine rings is 1. The average molecular weight is 413 g/mol. The van der Waals surface area contributed by atoms with Crippen LogP contribution < -0.4 is 21.5 Å². The summed E-state index contributed by atoms with van der Waals surface area (Å²) in [6.45, 7) is 6.76. The van der Waals surface area contributed by atoms with Crippen molar-refractivity contribution >= 4 is 38.5 Å². The summed E-state index contributed by atoms with van der Waals surface area (Å²) in [5.41, 5.74) is 4.80. The van der Waals surface area contributed by atoms with Crippen molar-refractivity contribution in [1.29, 1.82) is 0 Å². The van der Waals surface area contributed by atoms with E-state index in [0.29, 0.717) is 6.61 Å². The zero-order valence-electron chi connectivity index (χ0n) is 15.1. The van der Waals surface area contributed by atoms with Gasteiger partial charge in [0.2, 0.25) is 6.54 Å². The van der Waals surface area contributed by atoms with Gasteiger partial charge in [-0.25, -0.2) is 4.79 Å². The van der Waals surface area contributed by atoms with E-state index in [1.54, 1.807) is 0 Å². The molecule has 4 rings (SSSR count). The van der Waals surface area contributed by atoms with Crippen LogP contribution in [0.15, 0.2) is 42.7 Å². The maximum absolute atomic E-state index is 11.8. The van der Waals surface area contributed by atoms with Crippen LogP contribution in [-0.4, -0.2) is 17.6 Å². The number of nitrogens with one attached hydrogen (secondary N) is 1. The van der Waals surface area contributed by atoms with Crippen LogP contribution in [-0.2, 0) is 16.1 Å². The number of nitrogens with zero attached hydrogens (tertiary/aromatic N) is 1. The van der Waals surface area contributed by atoms with E-state index in [1.165, 1.54) is 38.2 Å². The first kappa shape index (κ1) is 18.4. The second-order valence-electron chi connectivity index (χ2n) is 6.42. The molecule has 0 amide bonds. The van der Waals surface area contributed by atoms with Gasteiger partial charge >= 0.3 is 5.97 Å². The number of aromatic nitrogens is 2. The van der Waals surface area contributed by atoms with Crippen molar-refractivity contribution < 1.29 is 31.1 Å². The SMILES string of the molecule is CCOC(=O)C[n+]1ccc2c(C)c3[nH]c4ccccc4c3c(C)c2c1.[Br-]. The molecule has 0 radical (unpaired) electrons. The summed E-state index contributed by atoms with van der Waals surface area (Å²) >= 11 is 0. The Morgan fingerprint density at radius 3 is 2.62 bits per heavy atom. The van der Waals surface area contributed by atoms with E-state index >= 15 is 0 Å². The molecule has 2 aromatic heterocycles. The lowest BCUT2D eigenvalue weighted by molar-refractivity contribution is -0.684. The molecule has 0 fully saturated rings. The zero-order valence-corrected chi connectivity index (χ0v) is 16.7. The number of fused-ring (bicyclic) bond motifs is 4. The van der Waals surface area contributed by atoms with Gasteiger partial charge in [-0.1, -0.05) is 18.2 Å². The minimum atomic E-state index is -0.214. The number of halogens is 1. The van der Waals surface area contributed by atoms with E-state index < -0.39 is 0 Å². The van der Waals surface area contributed by atoms with Gasteiger partial charge in [0, 0.05) is 27.7 Å². The molecule has 26 heavy (non-hydrogen) atoms. The highest BCUT2D eigenvalue weighted by atomic mass is 79.9. The van der Waals surface area contributed by atoms with E-state index in [0.717, 1.165) is 5.52 Å². The average Bonchev–Trinajstić information content (AvgIpc) is 3.00. The molecule has 0 saturated heterocycles. The highest BCUT2D eigenvalue weighted by Crippen LogP contribution is 2.35. The van der Waals surface area contributed by atoms with Crippen LogP contribution in [0.3, 0.4) is 0 Å². The second-order valence-corrected chi connectivity index (χ2v) is 6.42. The molecule has 0 saturated carbocycles. The number of hydrogen-bond acceptors (Lipinski definition) is 2. The molecular weight excluding hydrogens is 392 g/mol. The molecule has 4 nitrogen and oxygen atoms in total. The second kappa shape index (κ2) is 7.08. The molecule has 0 aliphatic carbocycles. The standard InChI is InChI=1S/C21H20N2O2.BrH/c1-4-25-19(24)12-23-10-9-15-14(3)21-20(13(2)17(15)11-23)16-7-5-6-8-18(16)22-21;/h5-11H,4,12H2,1-3H3;1H. The maximum atomic E-state index is 11.8. The van der Waals surface area contributed by atoms with Gasteiger partial charge in [0.25, 0.3) is 0 Å². The Morgan fingerprint density at radius 1 is 1.08 bits per heavy atom. The first-order valence-corrected chi connectivity index (χ1v) is 8.58. The third-order valence-electron chi connectivity index (χ3n) is 4.90. The smallest absolute Gasteiger partial charge is 0.372 e. The third kappa shape index (κ3) is 2.86. The van der Waals surface area contributed by atoms with Crippen LogP contribution in [0.1, 0.15) is 18.1 Å². The number of H-pyrrole nitrogens is 1. The maximum Gasteiger partial charge on any atom is 0.372 e. The molecule has 0 bridgehead atoms. The number of carbonyl (C=O) groups excluding carboxylic acids is 1. The molecular formula is C21H21BrN2O2. The normalized spacial score (nSPS) is 11.0. The lowest BCUT2D eigenvalue weighted by Crippen LogP contribution is -3.00. The van der Waals surface area contributed by atoms with Crippen molar-refractivity contribution in [3.63, 3.8) is 0 Å². The fraction of sp³-hybridized carbons (Fsp3) is 0.238. The van der Waals surface area contributed by atoms with Crippen LogP contribution in [0.5, 0.6) is 0 Å². The third-order valence-corrected chi connectivity index (χ3v) is 4.90. The van der Waals surface area contributed by atoms with Gasteiger partial charge in [-0.2, -0.15) is 4.57 Å². The van der Waals surface area contributed by atoms with Crippen LogP contribution in [0, 0.1) is 13.8 Å². The number of aromatic amines is 1. The van der Waals surface area contributed by atoms with E-state index in [1.807, 2.05) is 17.7 Å². The highest BCUT2D eigenvalue weighted by molar-refractivity contribution is 6.16. The van der Waals surface area contributed by atoms with Crippen LogP contribution in [0.25, 0.3) is 32.6 Å². The van der Waals surface area contributed by atoms with Crippen molar-refractivity contribution in [3.8, 4) is 0 Å². The fourth-order valence-corrected chi connectivity index (χ4v) is 3.70. The van der Waals surface area contributed by atoms with Crippen molar-refractivity contribution in [3.05, 3.63) is 53.9 Å². The molecule has 134 valence electrons. The summed E-state index contributed by atoms with van der Waals surface area (Å²) in [5, 5.41) is 4.87. The van der Waals surface area contributed by atoms with Gasteiger partial charge in [0.1, 0.15) is 0 Å². The summed E-state index contributed by atoms with van der Waals surface area (Å²) in [6, 6.07) is 10.5. The van der Waals surface area contributed by atoms with E-state index in [9.17, 15) is 4.79 Å². The Kier molecular flexibility index (Phi) is 5.01. The molecule has 5 heteroatoms. The first-order valence-electron chi connectivity index (χ1n) is 8.58. The number of hydrogen-bond donors (Lipinski definition) is 1. The summed E-state index contributed by atoms with van der Waals surface area (Å²) < 4.78 is 6.96. The van der Waals surface area contributed by atoms with Crippen molar-refractivity contribution in [2.75, 3.05) is 6.61 Å². The molecule has 4 aromatic rings. The molecule has 0 atom stereocenters. The molecule has 0 aliphatic heterocycles. The van der Waals surface area contributed by atoms with Crippen LogP contribution in [0.4, 0.5) is 0 Å². The summed E-state index contributed by atoms with van der Waals surface area (Å²) in [5.74, 6) is -0.214.